The van der Waals surface area contributed by atoms with Crippen molar-refractivity contribution in [1.82, 2.24) is 0 Å². The first-order valence-corrected chi connectivity index (χ1v) is 9.53. The van der Waals surface area contributed by atoms with Crippen molar-refractivity contribution < 1.29 is 0 Å². The number of fused-ring (bicyclic) bond motifs is 3. The molecule has 4 aromatic carbocycles. The van der Waals surface area contributed by atoms with Crippen LogP contribution in [0.5, 0.6) is 0 Å². The van der Waals surface area contributed by atoms with Gasteiger partial charge in [-0.25, -0.2) is 0 Å². The molecule has 2 N–H and O–H groups in total. The number of hydrogen-bond donors (Lipinski definition) is 1. The van der Waals surface area contributed by atoms with Gasteiger partial charge in [-0.05, 0) is 51.1 Å². The molecule has 0 heterocycles. The average molecular weight is 359 g/mol. The number of benzene rings is 4. The fraction of sp³-hybridized carbons (Fsp3) is 0.0370. The molecule has 0 fully saturated rings. The lowest BCUT2D eigenvalue weighted by atomic mass is 9.67. The quantitative estimate of drug-likeness (QED) is 0.377. The van der Waals surface area contributed by atoms with Crippen molar-refractivity contribution in [1.29, 1.82) is 0 Å². The van der Waals surface area contributed by atoms with Crippen molar-refractivity contribution >= 4 is 11.8 Å². The molecule has 0 amide bonds. The number of nitrogens with two attached hydrogens (primary N) is 1. The highest BCUT2D eigenvalue weighted by Crippen LogP contribution is 2.55. The monoisotopic (exact) mass is 359 g/mol. The van der Waals surface area contributed by atoms with E-state index in [4.69, 9.17) is 5.73 Å². The summed E-state index contributed by atoms with van der Waals surface area (Å²) in [6.45, 7) is 3.90. The Hall–Kier alpha value is -3.58. The summed E-state index contributed by atoms with van der Waals surface area (Å²) < 4.78 is 0. The van der Waals surface area contributed by atoms with E-state index in [0.717, 1.165) is 11.3 Å². The van der Waals surface area contributed by atoms with E-state index in [1.165, 1.54) is 33.4 Å². The molecule has 1 nitrogen and oxygen atoms in total. The molecule has 0 radical (unpaired) electrons. The van der Waals surface area contributed by atoms with Crippen LogP contribution in [0, 0.1) is 0 Å². The normalized spacial score (nSPS) is 13.6. The van der Waals surface area contributed by atoms with Crippen molar-refractivity contribution in [3.8, 4) is 11.1 Å². The molecule has 0 bridgehead atoms. The van der Waals surface area contributed by atoms with Crippen LogP contribution in [-0.2, 0) is 5.41 Å². The average Bonchev–Trinajstić information content (AvgIpc) is 3.06. The minimum Gasteiger partial charge on any atom is -0.399 e. The highest BCUT2D eigenvalue weighted by molar-refractivity contribution is 5.86. The molecule has 28 heavy (non-hydrogen) atoms. The second kappa shape index (κ2) is 6.24. The van der Waals surface area contributed by atoms with E-state index >= 15 is 0 Å². The van der Waals surface area contributed by atoms with Crippen LogP contribution in [0.15, 0.2) is 104 Å². The Balaban J connectivity index is 1.92. The van der Waals surface area contributed by atoms with Gasteiger partial charge in [0.1, 0.15) is 0 Å². The molecule has 1 heteroatoms. The summed E-state index contributed by atoms with van der Waals surface area (Å²) in [4.78, 5) is 0. The Morgan fingerprint density at radius 2 is 1.07 bits per heavy atom. The maximum atomic E-state index is 6.02. The molecular weight excluding hydrogens is 338 g/mol. The van der Waals surface area contributed by atoms with Gasteiger partial charge in [0, 0.05) is 5.69 Å². The van der Waals surface area contributed by atoms with Gasteiger partial charge < -0.3 is 5.73 Å². The molecule has 1 aliphatic carbocycles. The zero-order valence-electron chi connectivity index (χ0n) is 15.6. The Morgan fingerprint density at radius 3 is 1.57 bits per heavy atom. The van der Waals surface area contributed by atoms with Crippen molar-refractivity contribution in [3.05, 3.63) is 131 Å². The number of anilines is 1. The van der Waals surface area contributed by atoms with Crippen LogP contribution in [0.2, 0.25) is 0 Å². The molecule has 5 rings (SSSR count). The fourth-order valence-corrected chi connectivity index (χ4v) is 4.63. The van der Waals surface area contributed by atoms with E-state index in [0.29, 0.717) is 0 Å². The van der Waals surface area contributed by atoms with E-state index in [1.54, 1.807) is 0 Å². The van der Waals surface area contributed by atoms with Crippen LogP contribution in [-0.4, -0.2) is 0 Å². The summed E-state index contributed by atoms with van der Waals surface area (Å²) in [5, 5.41) is 0. The molecule has 0 spiro atoms. The van der Waals surface area contributed by atoms with Crippen molar-refractivity contribution in [3.63, 3.8) is 0 Å². The van der Waals surface area contributed by atoms with E-state index in [9.17, 15) is 0 Å². The first-order chi connectivity index (χ1) is 13.7. The van der Waals surface area contributed by atoms with Crippen LogP contribution < -0.4 is 5.73 Å². The second-order valence-electron chi connectivity index (χ2n) is 7.29. The third-order valence-electron chi connectivity index (χ3n) is 5.88. The van der Waals surface area contributed by atoms with Crippen molar-refractivity contribution in [2.24, 2.45) is 0 Å². The summed E-state index contributed by atoms with van der Waals surface area (Å²) in [7, 11) is 0. The summed E-state index contributed by atoms with van der Waals surface area (Å²) in [6.07, 6.45) is 1.89. The first kappa shape index (κ1) is 16.6. The van der Waals surface area contributed by atoms with Gasteiger partial charge in [-0.2, -0.15) is 0 Å². The molecule has 134 valence electrons. The van der Waals surface area contributed by atoms with E-state index < -0.39 is 0 Å². The Morgan fingerprint density at radius 1 is 0.607 bits per heavy atom. The van der Waals surface area contributed by atoms with Crippen molar-refractivity contribution in [2.45, 2.75) is 5.41 Å². The maximum absolute atomic E-state index is 6.02. The Kier molecular flexibility index (Phi) is 3.70. The third-order valence-corrected chi connectivity index (χ3v) is 5.88. The largest absolute Gasteiger partial charge is 0.399 e. The minimum absolute atomic E-state index is 0.361. The van der Waals surface area contributed by atoms with Crippen LogP contribution in [0.1, 0.15) is 27.8 Å². The molecule has 0 saturated heterocycles. The Bertz CT molecular complexity index is 1120. The topological polar surface area (TPSA) is 26.0 Å². The third kappa shape index (κ3) is 2.20. The van der Waals surface area contributed by atoms with Gasteiger partial charge in [0.05, 0.1) is 5.41 Å². The predicted molar refractivity (Wildman–Crippen MR) is 118 cm³/mol. The van der Waals surface area contributed by atoms with Crippen LogP contribution in [0.25, 0.3) is 17.2 Å². The van der Waals surface area contributed by atoms with Crippen LogP contribution in [0.4, 0.5) is 5.69 Å². The highest BCUT2D eigenvalue weighted by Gasteiger charge is 2.45. The SMILES string of the molecule is C=Cc1ccc(C2(c3ccc(N)cc3)c3ccccc3-c3ccccc32)cc1. The van der Waals surface area contributed by atoms with Gasteiger partial charge in [-0.3, -0.25) is 0 Å². The van der Waals surface area contributed by atoms with Gasteiger partial charge >= 0.3 is 0 Å². The van der Waals surface area contributed by atoms with Crippen LogP contribution >= 0.6 is 0 Å². The van der Waals surface area contributed by atoms with E-state index in [-0.39, 0.29) is 5.41 Å². The zero-order valence-corrected chi connectivity index (χ0v) is 15.6. The van der Waals surface area contributed by atoms with Gasteiger partial charge in [-0.15, -0.1) is 0 Å². The summed E-state index contributed by atoms with van der Waals surface area (Å²) in [6, 6.07) is 34.5. The van der Waals surface area contributed by atoms with Gasteiger partial charge in [-0.1, -0.05) is 97.6 Å². The summed E-state index contributed by atoms with van der Waals surface area (Å²) >= 11 is 0. The molecule has 0 atom stereocenters. The predicted octanol–water partition coefficient (Wildman–Crippen LogP) is 6.27. The maximum Gasteiger partial charge on any atom is 0.0713 e. The molecule has 1 aliphatic rings. The van der Waals surface area contributed by atoms with Crippen molar-refractivity contribution in [2.75, 3.05) is 5.73 Å². The fourth-order valence-electron chi connectivity index (χ4n) is 4.63. The summed E-state index contributed by atoms with van der Waals surface area (Å²) in [5.74, 6) is 0. The minimum atomic E-state index is -0.361. The zero-order chi connectivity index (χ0) is 19.1. The standard InChI is InChI=1S/C27H21N/c1-2-19-11-13-20(14-12-19)27(21-15-17-22(28)18-16-21)25-9-5-3-7-23(25)24-8-4-6-10-26(24)27/h2-18H,1,28H2. The van der Waals surface area contributed by atoms with E-state index in [1.807, 2.05) is 18.2 Å². The molecule has 0 aliphatic heterocycles. The highest BCUT2D eigenvalue weighted by atomic mass is 14.5. The smallest absolute Gasteiger partial charge is 0.0713 e. The molecule has 0 aromatic heterocycles. The van der Waals surface area contributed by atoms with Gasteiger partial charge in [0.15, 0.2) is 0 Å². The molecular formula is C27H21N. The summed E-state index contributed by atoms with van der Waals surface area (Å²) in [5.41, 5.74) is 15.3. The number of hydrogen-bond acceptors (Lipinski definition) is 1. The molecule has 4 aromatic rings. The van der Waals surface area contributed by atoms with E-state index in [2.05, 4.69) is 91.5 Å². The lowest BCUT2D eigenvalue weighted by molar-refractivity contribution is 0.768. The molecule has 0 saturated carbocycles. The molecule has 0 unspecified atom stereocenters. The number of nitrogen functional groups attached to an aromatic ring is 1. The Labute approximate surface area is 165 Å². The number of rotatable bonds is 3. The first-order valence-electron chi connectivity index (χ1n) is 9.53. The van der Waals surface area contributed by atoms with Gasteiger partial charge in [0.2, 0.25) is 0 Å². The lowest BCUT2D eigenvalue weighted by Crippen LogP contribution is -2.28. The van der Waals surface area contributed by atoms with Crippen LogP contribution in [0.3, 0.4) is 0 Å². The second-order valence-corrected chi connectivity index (χ2v) is 7.29. The lowest BCUT2D eigenvalue weighted by Gasteiger charge is -2.34. The van der Waals surface area contributed by atoms with Gasteiger partial charge in [0.25, 0.3) is 0 Å².